The van der Waals surface area contributed by atoms with Crippen molar-refractivity contribution in [2.75, 3.05) is 13.1 Å². The Morgan fingerprint density at radius 1 is 0.833 bits per heavy atom. The van der Waals surface area contributed by atoms with Crippen LogP contribution in [-0.4, -0.2) is 18.0 Å². The van der Waals surface area contributed by atoms with Crippen LogP contribution in [0.25, 0.3) is 0 Å². The first-order valence-corrected chi connectivity index (χ1v) is 9.74. The summed E-state index contributed by atoms with van der Waals surface area (Å²) in [7, 11) is 0. The molecule has 0 atom stereocenters. The van der Waals surface area contributed by atoms with Crippen molar-refractivity contribution in [2.24, 2.45) is 0 Å². The van der Waals surface area contributed by atoms with Crippen LogP contribution in [0.5, 0.6) is 0 Å². The zero-order chi connectivity index (χ0) is 16.6. The quantitative estimate of drug-likeness (QED) is 0.242. The molecule has 0 aliphatic rings. The van der Waals surface area contributed by atoms with Crippen LogP contribution < -0.4 is 0 Å². The summed E-state index contributed by atoms with van der Waals surface area (Å²) < 4.78 is 0. The van der Waals surface area contributed by atoms with Gasteiger partial charge in [0.15, 0.2) is 0 Å². The van der Waals surface area contributed by atoms with Gasteiger partial charge in [-0.15, -0.1) is 19.0 Å². The van der Waals surface area contributed by atoms with E-state index in [1.54, 1.807) is 0 Å². The summed E-state index contributed by atoms with van der Waals surface area (Å²) in [6, 6.07) is 10.8. The van der Waals surface area contributed by atoms with Crippen molar-refractivity contribution in [1.29, 1.82) is 0 Å². The molecule has 0 aliphatic heterocycles. The van der Waals surface area contributed by atoms with Gasteiger partial charge in [-0.25, -0.2) is 0 Å². The first kappa shape index (κ1) is 23.2. The Bertz CT molecular complexity index is 377. The van der Waals surface area contributed by atoms with E-state index in [1.807, 2.05) is 6.08 Å². The monoisotopic (exact) mass is 351 g/mol. The molecule has 0 amide bonds. The summed E-state index contributed by atoms with van der Waals surface area (Å²) in [5.74, 6) is 0. The summed E-state index contributed by atoms with van der Waals surface area (Å²) in [6.45, 7) is 9.42. The van der Waals surface area contributed by atoms with Crippen LogP contribution in [0.2, 0.25) is 0 Å². The van der Waals surface area contributed by atoms with Gasteiger partial charge in [-0.1, -0.05) is 101 Å². The minimum atomic E-state index is 0. The molecule has 0 unspecified atom stereocenters. The summed E-state index contributed by atoms with van der Waals surface area (Å²) in [6.07, 6.45) is 16.1. The molecule has 1 nitrogen and oxygen atoms in total. The highest BCUT2D eigenvalue weighted by atomic mass is 35.5. The van der Waals surface area contributed by atoms with E-state index in [4.69, 9.17) is 0 Å². The van der Waals surface area contributed by atoms with Gasteiger partial charge in [0.05, 0.1) is 0 Å². The van der Waals surface area contributed by atoms with E-state index in [9.17, 15) is 0 Å². The van der Waals surface area contributed by atoms with Crippen molar-refractivity contribution in [3.05, 3.63) is 48.6 Å². The van der Waals surface area contributed by atoms with Crippen molar-refractivity contribution < 1.29 is 0 Å². The van der Waals surface area contributed by atoms with Crippen LogP contribution in [0, 0.1) is 0 Å². The molecule has 138 valence electrons. The Morgan fingerprint density at radius 2 is 1.38 bits per heavy atom. The molecule has 0 N–H and O–H groups in total. The molecule has 2 heteroatoms. The van der Waals surface area contributed by atoms with E-state index in [0.29, 0.717) is 0 Å². The number of benzene rings is 1. The third kappa shape index (κ3) is 12.6. The topological polar surface area (TPSA) is 3.24 Å². The second kappa shape index (κ2) is 17.0. The van der Waals surface area contributed by atoms with Crippen LogP contribution in [0.4, 0.5) is 0 Å². The lowest BCUT2D eigenvalue weighted by atomic mass is 10.1. The molecule has 1 aromatic rings. The number of nitrogens with zero attached hydrogens (tertiary/aromatic N) is 1. The molecule has 0 bridgehead atoms. The maximum absolute atomic E-state index is 3.90. The number of halogens is 1. The second-order valence-electron chi connectivity index (χ2n) is 6.69. The van der Waals surface area contributed by atoms with Gasteiger partial charge in [0, 0.05) is 13.1 Å². The van der Waals surface area contributed by atoms with Gasteiger partial charge in [0.25, 0.3) is 0 Å². The normalized spacial score (nSPS) is 10.6. The fourth-order valence-electron chi connectivity index (χ4n) is 3.08. The highest BCUT2D eigenvalue weighted by Crippen LogP contribution is 2.11. The summed E-state index contributed by atoms with van der Waals surface area (Å²) >= 11 is 0. The van der Waals surface area contributed by atoms with Crippen molar-refractivity contribution in [1.82, 2.24) is 4.90 Å². The zero-order valence-electron chi connectivity index (χ0n) is 15.7. The Hall–Kier alpha value is -0.790. The van der Waals surface area contributed by atoms with E-state index >= 15 is 0 Å². The first-order valence-electron chi connectivity index (χ1n) is 9.74. The molecule has 0 aromatic heterocycles. The molecule has 0 fully saturated rings. The maximum Gasteiger partial charge on any atom is 0.0237 e. The van der Waals surface area contributed by atoms with Gasteiger partial charge in [-0.2, -0.15) is 0 Å². The van der Waals surface area contributed by atoms with Gasteiger partial charge in [0.2, 0.25) is 0 Å². The predicted molar refractivity (Wildman–Crippen MR) is 111 cm³/mol. The number of rotatable bonds is 15. The van der Waals surface area contributed by atoms with Gasteiger partial charge < -0.3 is 0 Å². The molecule has 0 radical (unpaired) electrons. The largest absolute Gasteiger partial charge is 0.295 e. The summed E-state index contributed by atoms with van der Waals surface area (Å²) in [4.78, 5) is 2.51. The van der Waals surface area contributed by atoms with Gasteiger partial charge in [0.1, 0.15) is 0 Å². The number of hydrogen-bond acceptors (Lipinski definition) is 1. The Labute approximate surface area is 156 Å². The lowest BCUT2D eigenvalue weighted by Crippen LogP contribution is -2.24. The molecule has 1 rings (SSSR count). The zero-order valence-corrected chi connectivity index (χ0v) is 16.5. The second-order valence-corrected chi connectivity index (χ2v) is 6.69. The third-order valence-corrected chi connectivity index (χ3v) is 4.46. The molecule has 1 aromatic carbocycles. The van der Waals surface area contributed by atoms with E-state index < -0.39 is 0 Å². The minimum Gasteiger partial charge on any atom is -0.295 e. The van der Waals surface area contributed by atoms with Crippen molar-refractivity contribution in [3.63, 3.8) is 0 Å². The minimum absolute atomic E-state index is 0. The van der Waals surface area contributed by atoms with Crippen LogP contribution in [0.15, 0.2) is 43.0 Å². The number of hydrogen-bond donors (Lipinski definition) is 0. The molecule has 0 aliphatic carbocycles. The van der Waals surface area contributed by atoms with Crippen molar-refractivity contribution in [3.8, 4) is 0 Å². The fraction of sp³-hybridized carbons (Fsp3) is 0.636. The summed E-state index contributed by atoms with van der Waals surface area (Å²) in [5, 5.41) is 0. The molecule has 24 heavy (non-hydrogen) atoms. The molecule has 0 saturated carbocycles. The highest BCUT2D eigenvalue weighted by molar-refractivity contribution is 5.85. The standard InChI is InChI=1S/C22H37N.ClH/c1-3-5-6-7-8-9-10-11-12-16-20-23(19-4-2)21-22-17-14-13-15-18-22;/h4,13-15,17-18H,2-3,5-12,16,19-21H2,1H3;1H. The van der Waals surface area contributed by atoms with Crippen molar-refractivity contribution in [2.45, 2.75) is 77.7 Å². The van der Waals surface area contributed by atoms with Gasteiger partial charge in [-0.05, 0) is 18.5 Å². The first-order chi connectivity index (χ1) is 11.4. The molecule has 0 saturated heterocycles. The lowest BCUT2D eigenvalue weighted by Gasteiger charge is -2.20. The molecular weight excluding hydrogens is 314 g/mol. The maximum atomic E-state index is 3.90. The Morgan fingerprint density at radius 3 is 1.92 bits per heavy atom. The lowest BCUT2D eigenvalue weighted by molar-refractivity contribution is 0.286. The fourth-order valence-corrected chi connectivity index (χ4v) is 3.08. The third-order valence-electron chi connectivity index (χ3n) is 4.46. The van der Waals surface area contributed by atoms with Crippen molar-refractivity contribution >= 4 is 12.4 Å². The van der Waals surface area contributed by atoms with E-state index in [0.717, 1.165) is 13.1 Å². The van der Waals surface area contributed by atoms with E-state index in [1.165, 1.54) is 76.3 Å². The Kier molecular flexibility index (Phi) is 16.5. The van der Waals surface area contributed by atoms with Crippen LogP contribution >= 0.6 is 12.4 Å². The highest BCUT2D eigenvalue weighted by Gasteiger charge is 2.03. The smallest absolute Gasteiger partial charge is 0.0237 e. The average Bonchev–Trinajstić information content (AvgIpc) is 2.57. The van der Waals surface area contributed by atoms with Crippen LogP contribution in [0.1, 0.15) is 76.7 Å². The predicted octanol–water partition coefficient (Wildman–Crippen LogP) is 7.02. The average molecular weight is 352 g/mol. The SMILES string of the molecule is C=CCN(CCCCCCCCCCCC)Cc1ccccc1.Cl. The van der Waals surface area contributed by atoms with Crippen LogP contribution in [-0.2, 0) is 6.54 Å². The van der Waals surface area contributed by atoms with Crippen LogP contribution in [0.3, 0.4) is 0 Å². The molecule has 0 spiro atoms. The molecular formula is C22H38ClN. The van der Waals surface area contributed by atoms with E-state index in [2.05, 4.69) is 48.7 Å². The molecule has 0 heterocycles. The summed E-state index contributed by atoms with van der Waals surface area (Å²) in [5.41, 5.74) is 1.40. The Balaban J connectivity index is 0.00000529. The van der Waals surface area contributed by atoms with E-state index in [-0.39, 0.29) is 12.4 Å². The van der Waals surface area contributed by atoms with Gasteiger partial charge >= 0.3 is 0 Å². The van der Waals surface area contributed by atoms with Gasteiger partial charge in [-0.3, -0.25) is 4.90 Å². The number of unbranched alkanes of at least 4 members (excludes halogenated alkanes) is 9.